The predicted octanol–water partition coefficient (Wildman–Crippen LogP) is 5.74. The molecule has 0 unspecified atom stereocenters. The van der Waals surface area contributed by atoms with Crippen molar-refractivity contribution in [2.24, 2.45) is 0 Å². The molecular formula is C19H26. The van der Waals surface area contributed by atoms with E-state index in [2.05, 4.69) is 78.8 Å². The standard InChI is InChI=1S/C19H26/c1-13-11-15-14(17(12-13)19(5,6)7)9-8-10-16(15)18(2,3)4/h8-12H,1-7H3. The van der Waals surface area contributed by atoms with E-state index in [-0.39, 0.29) is 10.8 Å². The summed E-state index contributed by atoms with van der Waals surface area (Å²) in [5.41, 5.74) is 4.62. The molecule has 2 aromatic carbocycles. The highest BCUT2D eigenvalue weighted by atomic mass is 14.3. The summed E-state index contributed by atoms with van der Waals surface area (Å²) in [6.07, 6.45) is 0. The Hall–Kier alpha value is -1.30. The molecule has 2 aromatic rings. The van der Waals surface area contributed by atoms with E-state index in [0.29, 0.717) is 0 Å². The molecular weight excluding hydrogens is 228 g/mol. The lowest BCUT2D eigenvalue weighted by Crippen LogP contribution is -2.15. The fourth-order valence-corrected chi connectivity index (χ4v) is 2.80. The van der Waals surface area contributed by atoms with Crippen LogP contribution in [0.5, 0.6) is 0 Å². The summed E-state index contributed by atoms with van der Waals surface area (Å²) in [5, 5.41) is 2.82. The molecule has 0 spiro atoms. The summed E-state index contributed by atoms with van der Waals surface area (Å²) in [6.45, 7) is 16.0. The summed E-state index contributed by atoms with van der Waals surface area (Å²) in [6, 6.07) is 11.4. The Kier molecular flexibility index (Phi) is 3.24. The molecule has 0 aliphatic heterocycles. The van der Waals surface area contributed by atoms with Gasteiger partial charge in [-0.2, -0.15) is 0 Å². The summed E-state index contributed by atoms with van der Waals surface area (Å²) in [7, 11) is 0. The van der Waals surface area contributed by atoms with E-state index < -0.39 is 0 Å². The minimum atomic E-state index is 0.181. The summed E-state index contributed by atoms with van der Waals surface area (Å²) >= 11 is 0. The molecule has 0 aromatic heterocycles. The first kappa shape index (κ1) is 14.1. The lowest BCUT2D eigenvalue weighted by atomic mass is 9.78. The molecule has 0 atom stereocenters. The van der Waals surface area contributed by atoms with E-state index >= 15 is 0 Å². The van der Waals surface area contributed by atoms with E-state index in [0.717, 1.165) is 0 Å². The van der Waals surface area contributed by atoms with Crippen molar-refractivity contribution < 1.29 is 0 Å². The second kappa shape index (κ2) is 4.37. The number of benzene rings is 2. The molecule has 0 saturated heterocycles. The minimum absolute atomic E-state index is 0.181. The highest BCUT2D eigenvalue weighted by Gasteiger charge is 2.21. The summed E-state index contributed by atoms with van der Waals surface area (Å²) in [4.78, 5) is 0. The Balaban J connectivity index is 2.90. The first-order valence-corrected chi connectivity index (χ1v) is 7.15. The van der Waals surface area contributed by atoms with E-state index in [4.69, 9.17) is 0 Å². The van der Waals surface area contributed by atoms with E-state index in [9.17, 15) is 0 Å². The van der Waals surface area contributed by atoms with E-state index in [1.165, 1.54) is 27.5 Å². The number of hydrogen-bond acceptors (Lipinski definition) is 0. The molecule has 0 nitrogen and oxygen atoms in total. The lowest BCUT2D eigenvalue weighted by Gasteiger charge is -2.26. The van der Waals surface area contributed by atoms with Crippen LogP contribution in [0.3, 0.4) is 0 Å². The normalized spacial score (nSPS) is 13.0. The maximum atomic E-state index is 2.34. The average molecular weight is 254 g/mol. The van der Waals surface area contributed by atoms with Crippen molar-refractivity contribution in [3.63, 3.8) is 0 Å². The summed E-state index contributed by atoms with van der Waals surface area (Å²) in [5.74, 6) is 0. The largest absolute Gasteiger partial charge is 0.0613 e. The van der Waals surface area contributed by atoms with E-state index in [1.54, 1.807) is 0 Å². The predicted molar refractivity (Wildman–Crippen MR) is 86.1 cm³/mol. The molecule has 102 valence electrons. The van der Waals surface area contributed by atoms with Crippen molar-refractivity contribution >= 4 is 10.8 Å². The van der Waals surface area contributed by atoms with Gasteiger partial charge in [-0.25, -0.2) is 0 Å². The van der Waals surface area contributed by atoms with Crippen LogP contribution < -0.4 is 0 Å². The smallest absolute Gasteiger partial charge is 0.0126 e. The fourth-order valence-electron chi connectivity index (χ4n) is 2.80. The van der Waals surface area contributed by atoms with Crippen LogP contribution in [-0.2, 0) is 10.8 Å². The van der Waals surface area contributed by atoms with Crippen LogP contribution in [0, 0.1) is 6.92 Å². The lowest BCUT2D eigenvalue weighted by molar-refractivity contribution is 0.590. The monoisotopic (exact) mass is 254 g/mol. The van der Waals surface area contributed by atoms with Gasteiger partial charge >= 0.3 is 0 Å². The van der Waals surface area contributed by atoms with E-state index in [1.807, 2.05) is 0 Å². The molecule has 19 heavy (non-hydrogen) atoms. The van der Waals surface area contributed by atoms with Gasteiger partial charge in [-0.1, -0.05) is 77.4 Å². The van der Waals surface area contributed by atoms with Gasteiger partial charge in [0, 0.05) is 0 Å². The Bertz CT molecular complexity index is 604. The van der Waals surface area contributed by atoms with Gasteiger partial charge in [0.25, 0.3) is 0 Å². The molecule has 0 heteroatoms. The van der Waals surface area contributed by atoms with Crippen LogP contribution in [0.15, 0.2) is 30.3 Å². The number of fused-ring (bicyclic) bond motifs is 1. The zero-order valence-electron chi connectivity index (χ0n) is 13.4. The number of hydrogen-bond donors (Lipinski definition) is 0. The number of aryl methyl sites for hydroxylation is 1. The second-order valence-electron chi connectivity index (χ2n) is 7.71. The molecule has 0 aliphatic rings. The molecule has 0 N–H and O–H groups in total. The van der Waals surface area contributed by atoms with Crippen molar-refractivity contribution in [3.8, 4) is 0 Å². The first-order valence-electron chi connectivity index (χ1n) is 7.15. The van der Waals surface area contributed by atoms with Crippen LogP contribution in [-0.4, -0.2) is 0 Å². The fraction of sp³-hybridized carbons (Fsp3) is 0.474. The first-order chi connectivity index (χ1) is 8.60. The molecule has 0 heterocycles. The van der Waals surface area contributed by atoms with Crippen molar-refractivity contribution in [1.29, 1.82) is 0 Å². The zero-order valence-corrected chi connectivity index (χ0v) is 13.4. The molecule has 0 bridgehead atoms. The SMILES string of the molecule is Cc1cc(C(C)(C)C)c2cccc(C(C)(C)C)c2c1. The number of rotatable bonds is 0. The molecule has 0 saturated carbocycles. The maximum Gasteiger partial charge on any atom is -0.0126 e. The molecule has 0 fully saturated rings. The molecule has 0 amide bonds. The molecule has 0 radical (unpaired) electrons. The molecule has 0 aliphatic carbocycles. The van der Waals surface area contributed by atoms with Crippen LogP contribution in [0.1, 0.15) is 58.2 Å². The van der Waals surface area contributed by atoms with Crippen LogP contribution >= 0.6 is 0 Å². The van der Waals surface area contributed by atoms with Gasteiger partial charge in [-0.15, -0.1) is 0 Å². The third kappa shape index (κ3) is 2.68. The van der Waals surface area contributed by atoms with Gasteiger partial charge in [0.2, 0.25) is 0 Å². The van der Waals surface area contributed by atoms with Crippen molar-refractivity contribution in [1.82, 2.24) is 0 Å². The minimum Gasteiger partial charge on any atom is -0.0613 e. The van der Waals surface area contributed by atoms with Gasteiger partial charge in [0.15, 0.2) is 0 Å². The topological polar surface area (TPSA) is 0 Å². The average Bonchev–Trinajstić information content (AvgIpc) is 2.24. The zero-order chi connectivity index (χ0) is 14.4. The molecule has 2 rings (SSSR count). The Morgan fingerprint density at radius 1 is 0.684 bits per heavy atom. The third-order valence-electron chi connectivity index (χ3n) is 3.76. The van der Waals surface area contributed by atoms with Gasteiger partial charge < -0.3 is 0 Å². The van der Waals surface area contributed by atoms with Gasteiger partial charge in [-0.05, 0) is 39.7 Å². The van der Waals surface area contributed by atoms with Gasteiger partial charge in [0.05, 0.1) is 0 Å². The maximum absolute atomic E-state index is 2.34. The van der Waals surface area contributed by atoms with Crippen molar-refractivity contribution in [2.75, 3.05) is 0 Å². The van der Waals surface area contributed by atoms with Crippen LogP contribution in [0.25, 0.3) is 10.8 Å². The highest BCUT2D eigenvalue weighted by molar-refractivity contribution is 5.90. The van der Waals surface area contributed by atoms with Crippen LogP contribution in [0.4, 0.5) is 0 Å². The third-order valence-corrected chi connectivity index (χ3v) is 3.76. The van der Waals surface area contributed by atoms with Crippen molar-refractivity contribution in [2.45, 2.75) is 59.3 Å². The van der Waals surface area contributed by atoms with Gasteiger partial charge in [-0.3, -0.25) is 0 Å². The quantitative estimate of drug-likeness (QED) is 0.562. The second-order valence-corrected chi connectivity index (χ2v) is 7.71. The van der Waals surface area contributed by atoms with Crippen molar-refractivity contribution in [3.05, 3.63) is 47.0 Å². The van der Waals surface area contributed by atoms with Crippen LogP contribution in [0.2, 0.25) is 0 Å². The Morgan fingerprint density at radius 2 is 1.26 bits per heavy atom. The Labute approximate surface area is 117 Å². The van der Waals surface area contributed by atoms with Gasteiger partial charge in [0.1, 0.15) is 0 Å². The highest BCUT2D eigenvalue weighted by Crippen LogP contribution is 2.36. The Morgan fingerprint density at radius 3 is 1.79 bits per heavy atom. The summed E-state index contributed by atoms with van der Waals surface area (Å²) < 4.78 is 0.